The second-order valence-electron chi connectivity index (χ2n) is 4.52. The number of fused-ring (bicyclic) bond motifs is 1. The molecule has 2 rings (SSSR count). The van der Waals surface area contributed by atoms with Gasteiger partial charge in [0.05, 0.1) is 12.6 Å². The van der Waals surface area contributed by atoms with Crippen LogP contribution in [-0.2, 0) is 30.5 Å². The Kier molecular flexibility index (Phi) is 3.83. The van der Waals surface area contributed by atoms with Crippen LogP contribution in [0, 0.1) is 0 Å². The van der Waals surface area contributed by atoms with Crippen molar-refractivity contribution in [3.8, 4) is 0 Å². The minimum Gasteiger partial charge on any atom is -0.481 e. The van der Waals surface area contributed by atoms with Crippen molar-refractivity contribution >= 4 is 11.6 Å². The number of carboxylic acid groups (broad SMARTS) is 1. The Morgan fingerprint density at radius 1 is 1.26 bits per heavy atom. The van der Waals surface area contributed by atoms with Gasteiger partial charge in [0.25, 0.3) is 0 Å². The Morgan fingerprint density at radius 2 is 2.00 bits per heavy atom. The van der Waals surface area contributed by atoms with Gasteiger partial charge < -0.3 is 5.11 Å². The molecular weight excluding hydrogens is 242 g/mol. The third kappa shape index (κ3) is 2.32. The average molecular weight is 261 g/mol. The number of carboxylic acids is 1. The molecule has 0 saturated carbocycles. The minimum absolute atomic E-state index is 0.0105. The topological polar surface area (TPSA) is 67.5 Å². The number of aliphatic carboxylic acids is 1. The quantitative estimate of drug-likeness (QED) is 0.894. The Labute approximate surface area is 112 Å². The Balaban J connectivity index is 2.75. The molecule has 19 heavy (non-hydrogen) atoms. The maximum atomic E-state index is 11.0. The first-order chi connectivity index (χ1) is 9.12. The number of nitrogens with zero attached hydrogens (tertiary/aromatic N) is 3. The molecule has 0 fully saturated rings. The van der Waals surface area contributed by atoms with Crippen molar-refractivity contribution in [2.45, 2.75) is 46.5 Å². The van der Waals surface area contributed by atoms with E-state index in [2.05, 4.69) is 17.0 Å². The van der Waals surface area contributed by atoms with Crippen molar-refractivity contribution in [1.29, 1.82) is 0 Å². The number of carbonyl (C=O) groups is 1. The van der Waals surface area contributed by atoms with Crippen molar-refractivity contribution in [3.63, 3.8) is 0 Å². The molecule has 1 N–H and O–H groups in total. The van der Waals surface area contributed by atoms with Crippen molar-refractivity contribution in [2.24, 2.45) is 0 Å². The van der Waals surface area contributed by atoms with E-state index in [1.165, 1.54) is 0 Å². The van der Waals surface area contributed by atoms with Crippen LogP contribution >= 0.6 is 0 Å². The van der Waals surface area contributed by atoms with Crippen molar-refractivity contribution < 1.29 is 9.90 Å². The molecule has 0 radical (unpaired) electrons. The molecule has 2 heterocycles. The molecule has 0 spiro atoms. The van der Waals surface area contributed by atoms with Gasteiger partial charge in [-0.2, -0.15) is 5.10 Å². The summed E-state index contributed by atoms with van der Waals surface area (Å²) >= 11 is 0. The summed E-state index contributed by atoms with van der Waals surface area (Å²) < 4.78 is 1.80. The SMILES string of the molecule is CCc1nc2c(CC)cnn2c(CC)c1CC(=O)O. The van der Waals surface area contributed by atoms with Gasteiger partial charge in [-0.15, -0.1) is 0 Å². The number of hydrogen-bond donors (Lipinski definition) is 1. The number of rotatable bonds is 5. The van der Waals surface area contributed by atoms with E-state index in [0.717, 1.165) is 47.4 Å². The van der Waals surface area contributed by atoms with Gasteiger partial charge in [-0.25, -0.2) is 9.50 Å². The molecule has 0 atom stereocenters. The molecular formula is C14H19N3O2. The number of hydrogen-bond acceptors (Lipinski definition) is 3. The lowest BCUT2D eigenvalue weighted by Gasteiger charge is -2.13. The second-order valence-corrected chi connectivity index (χ2v) is 4.52. The van der Waals surface area contributed by atoms with Crippen LogP contribution in [0.5, 0.6) is 0 Å². The molecule has 0 aliphatic carbocycles. The van der Waals surface area contributed by atoms with Crippen LogP contribution in [0.4, 0.5) is 0 Å². The normalized spacial score (nSPS) is 11.1. The summed E-state index contributed by atoms with van der Waals surface area (Å²) in [5.74, 6) is -0.826. The first-order valence-corrected chi connectivity index (χ1v) is 6.71. The summed E-state index contributed by atoms with van der Waals surface area (Å²) in [7, 11) is 0. The van der Waals surface area contributed by atoms with E-state index in [1.54, 1.807) is 4.52 Å². The third-order valence-corrected chi connectivity index (χ3v) is 3.39. The lowest BCUT2D eigenvalue weighted by Crippen LogP contribution is -2.13. The van der Waals surface area contributed by atoms with Crippen molar-refractivity contribution in [3.05, 3.63) is 28.7 Å². The molecule has 0 aliphatic heterocycles. The fourth-order valence-electron chi connectivity index (χ4n) is 2.44. The van der Waals surface area contributed by atoms with Gasteiger partial charge in [-0.05, 0) is 19.3 Å². The van der Waals surface area contributed by atoms with Crippen LogP contribution < -0.4 is 0 Å². The van der Waals surface area contributed by atoms with Crippen LogP contribution in [0.1, 0.15) is 43.3 Å². The van der Waals surface area contributed by atoms with Gasteiger partial charge >= 0.3 is 5.97 Å². The first-order valence-electron chi connectivity index (χ1n) is 6.71. The van der Waals surface area contributed by atoms with E-state index >= 15 is 0 Å². The van der Waals surface area contributed by atoms with Crippen molar-refractivity contribution in [2.75, 3.05) is 0 Å². The standard InChI is InChI=1S/C14H19N3O2/c1-4-9-8-15-17-12(6-3)10(7-13(18)19)11(5-2)16-14(9)17/h8H,4-7H2,1-3H3,(H,18,19). The molecule has 5 nitrogen and oxygen atoms in total. The highest BCUT2D eigenvalue weighted by Gasteiger charge is 2.17. The van der Waals surface area contributed by atoms with E-state index in [1.807, 2.05) is 20.0 Å². The third-order valence-electron chi connectivity index (χ3n) is 3.39. The Morgan fingerprint density at radius 3 is 2.53 bits per heavy atom. The highest BCUT2D eigenvalue weighted by Crippen LogP contribution is 2.20. The molecule has 0 amide bonds. The zero-order chi connectivity index (χ0) is 14.0. The van der Waals surface area contributed by atoms with E-state index in [9.17, 15) is 4.79 Å². The maximum Gasteiger partial charge on any atom is 0.307 e. The minimum atomic E-state index is -0.826. The van der Waals surface area contributed by atoms with Crippen molar-refractivity contribution in [1.82, 2.24) is 14.6 Å². The van der Waals surface area contributed by atoms with Crippen LogP contribution in [0.2, 0.25) is 0 Å². The average Bonchev–Trinajstić information content (AvgIpc) is 2.79. The largest absolute Gasteiger partial charge is 0.481 e. The molecule has 0 unspecified atom stereocenters. The van der Waals surface area contributed by atoms with Gasteiger partial charge in [0.1, 0.15) is 0 Å². The molecule has 0 bridgehead atoms. The predicted octanol–water partition coefficient (Wildman–Crippen LogP) is 2.04. The monoisotopic (exact) mass is 261 g/mol. The molecule has 2 aromatic rings. The summed E-state index contributed by atoms with van der Waals surface area (Å²) in [6, 6.07) is 0. The van der Waals surface area contributed by atoms with Crippen LogP contribution in [0.15, 0.2) is 6.20 Å². The highest BCUT2D eigenvalue weighted by atomic mass is 16.4. The predicted molar refractivity (Wildman–Crippen MR) is 72.5 cm³/mol. The van der Waals surface area contributed by atoms with E-state index < -0.39 is 5.97 Å². The Hall–Kier alpha value is -1.91. The molecule has 102 valence electrons. The second kappa shape index (κ2) is 5.38. The molecule has 5 heteroatoms. The lowest BCUT2D eigenvalue weighted by molar-refractivity contribution is -0.136. The molecule has 2 aromatic heterocycles. The van der Waals surface area contributed by atoms with Crippen LogP contribution in [0.3, 0.4) is 0 Å². The summed E-state index contributed by atoms with van der Waals surface area (Å²) in [5.41, 5.74) is 4.62. The highest BCUT2D eigenvalue weighted by molar-refractivity contribution is 5.71. The summed E-state index contributed by atoms with van der Waals surface area (Å²) in [6.07, 6.45) is 4.20. The zero-order valence-electron chi connectivity index (χ0n) is 11.6. The lowest BCUT2D eigenvalue weighted by atomic mass is 10.0. The number of aryl methyl sites for hydroxylation is 3. The van der Waals surface area contributed by atoms with Crippen LogP contribution in [-0.4, -0.2) is 25.7 Å². The van der Waals surface area contributed by atoms with E-state index in [-0.39, 0.29) is 6.42 Å². The van der Waals surface area contributed by atoms with Gasteiger partial charge in [-0.3, -0.25) is 4.79 Å². The molecule has 0 aliphatic rings. The van der Waals surface area contributed by atoms with Gasteiger partial charge in [0.15, 0.2) is 5.65 Å². The fourth-order valence-corrected chi connectivity index (χ4v) is 2.44. The summed E-state index contributed by atoms with van der Waals surface area (Å²) in [4.78, 5) is 15.7. The number of aromatic nitrogens is 3. The Bertz CT molecular complexity index is 617. The smallest absolute Gasteiger partial charge is 0.307 e. The summed E-state index contributed by atoms with van der Waals surface area (Å²) in [5, 5.41) is 13.4. The van der Waals surface area contributed by atoms with Gasteiger partial charge in [0, 0.05) is 22.5 Å². The van der Waals surface area contributed by atoms with Crippen LogP contribution in [0.25, 0.3) is 5.65 Å². The first kappa shape index (κ1) is 13.5. The van der Waals surface area contributed by atoms with E-state index in [0.29, 0.717) is 0 Å². The van der Waals surface area contributed by atoms with Gasteiger partial charge in [0.2, 0.25) is 0 Å². The summed E-state index contributed by atoms with van der Waals surface area (Å²) in [6.45, 7) is 6.10. The molecule has 0 aromatic carbocycles. The van der Waals surface area contributed by atoms with E-state index in [4.69, 9.17) is 5.11 Å². The zero-order valence-corrected chi connectivity index (χ0v) is 11.6. The maximum absolute atomic E-state index is 11.0. The van der Waals surface area contributed by atoms with Gasteiger partial charge in [-0.1, -0.05) is 20.8 Å². The molecule has 0 saturated heterocycles. The fraction of sp³-hybridized carbons (Fsp3) is 0.500.